The van der Waals surface area contributed by atoms with Gasteiger partial charge >= 0.3 is 6.03 Å². The van der Waals surface area contributed by atoms with Gasteiger partial charge in [-0.3, -0.25) is 0 Å². The van der Waals surface area contributed by atoms with Crippen LogP contribution in [0.3, 0.4) is 0 Å². The van der Waals surface area contributed by atoms with Crippen LogP contribution < -0.4 is 10.6 Å². The van der Waals surface area contributed by atoms with Crippen molar-refractivity contribution in [2.45, 2.75) is 25.9 Å². The van der Waals surface area contributed by atoms with E-state index in [1.165, 1.54) is 0 Å². The molecule has 4 nitrogen and oxygen atoms in total. The average molecular weight is 222 g/mol. The van der Waals surface area contributed by atoms with Gasteiger partial charge in [-0.15, -0.1) is 0 Å². The molecule has 0 aromatic heterocycles. The van der Waals surface area contributed by atoms with Crippen LogP contribution in [0.4, 0.5) is 4.79 Å². The fourth-order valence-electron chi connectivity index (χ4n) is 1.32. The third-order valence-corrected chi connectivity index (χ3v) is 2.24. The Labute approximate surface area is 95.7 Å². The first-order valence-corrected chi connectivity index (χ1v) is 5.41. The average Bonchev–Trinajstić information content (AvgIpc) is 2.28. The van der Waals surface area contributed by atoms with E-state index in [4.69, 9.17) is 5.11 Å². The van der Waals surface area contributed by atoms with Crippen molar-refractivity contribution in [2.75, 3.05) is 6.61 Å². The van der Waals surface area contributed by atoms with Crippen LogP contribution >= 0.6 is 0 Å². The van der Waals surface area contributed by atoms with Crippen molar-refractivity contribution in [3.8, 4) is 0 Å². The molecular formula is C12H18N2O2. The van der Waals surface area contributed by atoms with E-state index < -0.39 is 0 Å². The second kappa shape index (κ2) is 6.85. The number of aliphatic hydroxyl groups is 1. The molecule has 16 heavy (non-hydrogen) atoms. The quantitative estimate of drug-likeness (QED) is 0.702. The summed E-state index contributed by atoms with van der Waals surface area (Å²) in [5, 5.41) is 14.2. The van der Waals surface area contributed by atoms with Crippen LogP contribution in [0.25, 0.3) is 0 Å². The van der Waals surface area contributed by atoms with Gasteiger partial charge < -0.3 is 15.7 Å². The van der Waals surface area contributed by atoms with Crippen molar-refractivity contribution < 1.29 is 9.90 Å². The molecular weight excluding hydrogens is 204 g/mol. The number of carbonyl (C=O) groups is 1. The molecule has 4 heteroatoms. The van der Waals surface area contributed by atoms with Crippen LogP contribution in [0.15, 0.2) is 30.3 Å². The lowest BCUT2D eigenvalue weighted by Gasteiger charge is -2.13. The highest BCUT2D eigenvalue weighted by molar-refractivity contribution is 5.74. The summed E-state index contributed by atoms with van der Waals surface area (Å²) >= 11 is 0. The van der Waals surface area contributed by atoms with Crippen LogP contribution in [0.1, 0.15) is 18.9 Å². The monoisotopic (exact) mass is 222 g/mol. The summed E-state index contributed by atoms with van der Waals surface area (Å²) in [7, 11) is 0. The fraction of sp³-hybridized carbons (Fsp3) is 0.417. The first-order chi connectivity index (χ1) is 7.72. The van der Waals surface area contributed by atoms with Crippen molar-refractivity contribution in [1.29, 1.82) is 0 Å². The fourth-order valence-corrected chi connectivity index (χ4v) is 1.32. The van der Waals surface area contributed by atoms with Gasteiger partial charge in [0.15, 0.2) is 0 Å². The summed E-state index contributed by atoms with van der Waals surface area (Å²) in [6.45, 7) is 2.46. The third-order valence-electron chi connectivity index (χ3n) is 2.24. The number of urea groups is 1. The van der Waals surface area contributed by atoms with Crippen LogP contribution in [0.2, 0.25) is 0 Å². The molecule has 1 rings (SSSR count). The van der Waals surface area contributed by atoms with Gasteiger partial charge in [-0.05, 0) is 18.9 Å². The molecule has 88 valence electrons. The molecule has 0 bridgehead atoms. The molecule has 0 saturated carbocycles. The van der Waals surface area contributed by atoms with Gasteiger partial charge in [0.05, 0.1) is 0 Å². The Balaban J connectivity index is 2.25. The molecule has 0 spiro atoms. The lowest BCUT2D eigenvalue weighted by Crippen LogP contribution is -2.40. The topological polar surface area (TPSA) is 61.4 Å². The van der Waals surface area contributed by atoms with Crippen molar-refractivity contribution in [3.63, 3.8) is 0 Å². The molecule has 0 aliphatic carbocycles. The first kappa shape index (κ1) is 12.5. The number of hydrogen-bond acceptors (Lipinski definition) is 2. The van der Waals surface area contributed by atoms with Crippen molar-refractivity contribution in [1.82, 2.24) is 10.6 Å². The highest BCUT2D eigenvalue weighted by Gasteiger charge is 2.05. The second-order valence-corrected chi connectivity index (χ2v) is 3.73. The number of amides is 2. The predicted molar refractivity (Wildman–Crippen MR) is 63.0 cm³/mol. The normalized spacial score (nSPS) is 11.9. The van der Waals surface area contributed by atoms with Crippen molar-refractivity contribution in [2.24, 2.45) is 0 Å². The lowest BCUT2D eigenvalue weighted by molar-refractivity contribution is 0.230. The maximum absolute atomic E-state index is 11.4. The van der Waals surface area contributed by atoms with Gasteiger partial charge in [0.2, 0.25) is 0 Å². The zero-order chi connectivity index (χ0) is 11.8. The minimum atomic E-state index is -0.204. The van der Waals surface area contributed by atoms with E-state index in [1.54, 1.807) is 0 Å². The number of carbonyl (C=O) groups excluding carboxylic acids is 1. The zero-order valence-corrected chi connectivity index (χ0v) is 9.44. The minimum absolute atomic E-state index is 0.0132. The van der Waals surface area contributed by atoms with Gasteiger partial charge in [0.25, 0.3) is 0 Å². The molecule has 0 radical (unpaired) electrons. The SMILES string of the molecule is CC(CCO)NC(=O)NCc1ccccc1. The summed E-state index contributed by atoms with van der Waals surface area (Å²) in [6.07, 6.45) is 0.568. The Morgan fingerprint density at radius 3 is 2.69 bits per heavy atom. The summed E-state index contributed by atoms with van der Waals surface area (Å²) in [5.41, 5.74) is 1.06. The Morgan fingerprint density at radius 1 is 1.38 bits per heavy atom. The van der Waals surface area contributed by atoms with Gasteiger partial charge in [0, 0.05) is 19.2 Å². The first-order valence-electron chi connectivity index (χ1n) is 5.41. The standard InChI is InChI=1S/C12H18N2O2/c1-10(7-8-15)14-12(16)13-9-11-5-3-2-4-6-11/h2-6,10,15H,7-9H2,1H3,(H2,13,14,16). The Kier molecular flexibility index (Phi) is 5.36. The van der Waals surface area contributed by atoms with E-state index in [2.05, 4.69) is 10.6 Å². The van der Waals surface area contributed by atoms with Crippen LogP contribution in [0, 0.1) is 0 Å². The van der Waals surface area contributed by atoms with E-state index in [0.717, 1.165) is 5.56 Å². The molecule has 1 aromatic rings. The molecule has 0 aliphatic heterocycles. The van der Waals surface area contributed by atoms with E-state index in [1.807, 2.05) is 37.3 Å². The Bertz CT molecular complexity index is 314. The van der Waals surface area contributed by atoms with E-state index in [9.17, 15) is 4.79 Å². The largest absolute Gasteiger partial charge is 0.396 e. The number of nitrogens with one attached hydrogen (secondary N) is 2. The number of hydrogen-bond donors (Lipinski definition) is 3. The zero-order valence-electron chi connectivity index (χ0n) is 9.44. The van der Waals surface area contributed by atoms with E-state index in [-0.39, 0.29) is 18.7 Å². The molecule has 0 heterocycles. The van der Waals surface area contributed by atoms with Gasteiger partial charge in [-0.25, -0.2) is 4.79 Å². The highest BCUT2D eigenvalue weighted by Crippen LogP contribution is 1.97. The van der Waals surface area contributed by atoms with Crippen LogP contribution in [-0.4, -0.2) is 23.8 Å². The maximum atomic E-state index is 11.4. The van der Waals surface area contributed by atoms with Crippen LogP contribution in [-0.2, 0) is 6.54 Å². The van der Waals surface area contributed by atoms with Gasteiger partial charge in [-0.1, -0.05) is 30.3 Å². The number of rotatable bonds is 5. The number of aliphatic hydroxyl groups excluding tert-OH is 1. The van der Waals surface area contributed by atoms with E-state index in [0.29, 0.717) is 13.0 Å². The maximum Gasteiger partial charge on any atom is 0.315 e. The smallest absolute Gasteiger partial charge is 0.315 e. The third kappa shape index (κ3) is 4.79. The molecule has 0 saturated heterocycles. The molecule has 2 amide bonds. The van der Waals surface area contributed by atoms with Gasteiger partial charge in [-0.2, -0.15) is 0 Å². The summed E-state index contributed by atoms with van der Waals surface area (Å²) in [5.74, 6) is 0. The summed E-state index contributed by atoms with van der Waals surface area (Å²) in [4.78, 5) is 11.4. The van der Waals surface area contributed by atoms with Crippen molar-refractivity contribution >= 4 is 6.03 Å². The minimum Gasteiger partial charge on any atom is -0.396 e. The Morgan fingerprint density at radius 2 is 2.06 bits per heavy atom. The molecule has 1 atom stereocenters. The van der Waals surface area contributed by atoms with Crippen LogP contribution in [0.5, 0.6) is 0 Å². The predicted octanol–water partition coefficient (Wildman–Crippen LogP) is 1.26. The number of benzene rings is 1. The van der Waals surface area contributed by atoms with E-state index >= 15 is 0 Å². The molecule has 3 N–H and O–H groups in total. The molecule has 0 aliphatic rings. The van der Waals surface area contributed by atoms with Crippen molar-refractivity contribution in [3.05, 3.63) is 35.9 Å². The summed E-state index contributed by atoms with van der Waals surface area (Å²) < 4.78 is 0. The Hall–Kier alpha value is -1.55. The van der Waals surface area contributed by atoms with Gasteiger partial charge in [0.1, 0.15) is 0 Å². The molecule has 0 fully saturated rings. The molecule has 1 aromatic carbocycles. The lowest BCUT2D eigenvalue weighted by atomic mass is 10.2. The summed E-state index contributed by atoms with van der Waals surface area (Å²) in [6, 6.07) is 9.50. The molecule has 1 unspecified atom stereocenters. The second-order valence-electron chi connectivity index (χ2n) is 3.73. The highest BCUT2D eigenvalue weighted by atomic mass is 16.3.